The Labute approximate surface area is 128 Å². The minimum atomic E-state index is -0.860. The molecule has 2 nitrogen and oxygen atoms in total. The number of hydrogen-bond donors (Lipinski definition) is 1. The zero-order valence-corrected chi connectivity index (χ0v) is 11.8. The standard InChI is InChI=1S/C19H15FO2/c20-16-6-4-5-15(13-16)19(21)14-9-11-18(12-10-14)22-17-7-2-1-3-8-17/h1-13,19,21H/t19-/m0/s1. The monoisotopic (exact) mass is 294 g/mol. The highest BCUT2D eigenvalue weighted by Crippen LogP contribution is 2.26. The Bertz CT molecular complexity index is 739. The van der Waals surface area contributed by atoms with Crippen LogP contribution in [0.5, 0.6) is 11.5 Å². The van der Waals surface area contributed by atoms with Gasteiger partial charge in [-0.05, 0) is 47.5 Å². The van der Waals surface area contributed by atoms with Gasteiger partial charge >= 0.3 is 0 Å². The van der Waals surface area contributed by atoms with E-state index in [4.69, 9.17) is 4.74 Å². The number of benzene rings is 3. The van der Waals surface area contributed by atoms with E-state index >= 15 is 0 Å². The maximum Gasteiger partial charge on any atom is 0.127 e. The van der Waals surface area contributed by atoms with E-state index < -0.39 is 6.10 Å². The van der Waals surface area contributed by atoms with Crippen LogP contribution >= 0.6 is 0 Å². The van der Waals surface area contributed by atoms with Gasteiger partial charge in [-0.25, -0.2) is 4.39 Å². The van der Waals surface area contributed by atoms with Crippen LogP contribution in [-0.4, -0.2) is 5.11 Å². The van der Waals surface area contributed by atoms with E-state index in [2.05, 4.69) is 0 Å². The lowest BCUT2D eigenvalue weighted by Crippen LogP contribution is -1.99. The molecule has 0 aromatic heterocycles. The zero-order valence-electron chi connectivity index (χ0n) is 11.8. The molecule has 0 fully saturated rings. The molecule has 0 radical (unpaired) electrons. The summed E-state index contributed by atoms with van der Waals surface area (Å²) in [6.45, 7) is 0. The van der Waals surface area contributed by atoms with Crippen LogP contribution in [0, 0.1) is 5.82 Å². The number of aliphatic hydroxyl groups is 1. The molecule has 3 aromatic carbocycles. The Balaban J connectivity index is 1.76. The summed E-state index contributed by atoms with van der Waals surface area (Å²) in [4.78, 5) is 0. The van der Waals surface area contributed by atoms with Crippen LogP contribution in [0.1, 0.15) is 17.2 Å². The van der Waals surface area contributed by atoms with Crippen LogP contribution in [-0.2, 0) is 0 Å². The fourth-order valence-corrected chi connectivity index (χ4v) is 2.21. The average molecular weight is 294 g/mol. The summed E-state index contributed by atoms with van der Waals surface area (Å²) in [5, 5.41) is 10.3. The van der Waals surface area contributed by atoms with Gasteiger partial charge in [-0.1, -0.05) is 42.5 Å². The second kappa shape index (κ2) is 6.41. The highest BCUT2D eigenvalue weighted by Gasteiger charge is 2.11. The van der Waals surface area contributed by atoms with Crippen molar-refractivity contribution in [3.63, 3.8) is 0 Å². The molecule has 0 spiro atoms. The Morgan fingerprint density at radius 1 is 0.727 bits per heavy atom. The van der Waals surface area contributed by atoms with E-state index in [1.807, 2.05) is 30.3 Å². The molecule has 0 saturated heterocycles. The van der Waals surface area contributed by atoms with Crippen LogP contribution in [0.2, 0.25) is 0 Å². The minimum absolute atomic E-state index is 0.361. The van der Waals surface area contributed by atoms with Crippen molar-refractivity contribution in [1.29, 1.82) is 0 Å². The normalized spacial score (nSPS) is 11.9. The third-order valence-electron chi connectivity index (χ3n) is 3.34. The lowest BCUT2D eigenvalue weighted by Gasteiger charge is -2.12. The molecule has 0 heterocycles. The Kier molecular flexibility index (Phi) is 4.17. The minimum Gasteiger partial charge on any atom is -0.457 e. The molecule has 0 aliphatic rings. The highest BCUT2D eigenvalue weighted by atomic mass is 19.1. The van der Waals surface area contributed by atoms with Gasteiger partial charge in [0.15, 0.2) is 0 Å². The van der Waals surface area contributed by atoms with E-state index in [1.165, 1.54) is 12.1 Å². The molecule has 3 aromatic rings. The molecule has 110 valence electrons. The third-order valence-corrected chi connectivity index (χ3v) is 3.34. The van der Waals surface area contributed by atoms with Gasteiger partial charge in [-0.3, -0.25) is 0 Å². The van der Waals surface area contributed by atoms with Crippen LogP contribution < -0.4 is 4.74 Å². The molecule has 0 bridgehead atoms. The number of rotatable bonds is 4. The SMILES string of the molecule is O[C@@H](c1ccc(Oc2ccccc2)cc1)c1cccc(F)c1. The first kappa shape index (κ1) is 14.3. The average Bonchev–Trinajstić information content (AvgIpc) is 2.56. The van der Waals surface area contributed by atoms with Crippen molar-refractivity contribution >= 4 is 0 Å². The number of para-hydroxylation sites is 1. The fraction of sp³-hybridized carbons (Fsp3) is 0.0526. The second-order valence-electron chi connectivity index (χ2n) is 4.94. The summed E-state index contributed by atoms with van der Waals surface area (Å²) in [5.41, 5.74) is 1.21. The van der Waals surface area contributed by atoms with Gasteiger partial charge in [-0.15, -0.1) is 0 Å². The van der Waals surface area contributed by atoms with Crippen molar-refractivity contribution in [2.24, 2.45) is 0 Å². The van der Waals surface area contributed by atoms with Crippen LogP contribution in [0.4, 0.5) is 4.39 Å². The second-order valence-corrected chi connectivity index (χ2v) is 4.94. The maximum absolute atomic E-state index is 13.2. The molecule has 0 amide bonds. The Hall–Kier alpha value is -2.65. The molecule has 0 aliphatic heterocycles. The van der Waals surface area contributed by atoms with Crippen molar-refractivity contribution in [3.8, 4) is 11.5 Å². The van der Waals surface area contributed by atoms with Gasteiger partial charge in [0.1, 0.15) is 23.4 Å². The summed E-state index contributed by atoms with van der Waals surface area (Å²) in [7, 11) is 0. The molecule has 3 heteroatoms. The predicted octanol–water partition coefficient (Wildman–Crippen LogP) is 4.70. The van der Waals surface area contributed by atoms with E-state index in [0.29, 0.717) is 16.9 Å². The first-order valence-electron chi connectivity index (χ1n) is 6.99. The highest BCUT2D eigenvalue weighted by molar-refractivity contribution is 5.36. The van der Waals surface area contributed by atoms with E-state index in [0.717, 1.165) is 5.75 Å². The number of ether oxygens (including phenoxy) is 1. The molecular weight excluding hydrogens is 279 g/mol. The summed E-state index contributed by atoms with van der Waals surface area (Å²) >= 11 is 0. The number of halogens is 1. The van der Waals surface area contributed by atoms with Crippen molar-refractivity contribution < 1.29 is 14.2 Å². The van der Waals surface area contributed by atoms with Crippen LogP contribution in [0.3, 0.4) is 0 Å². The lowest BCUT2D eigenvalue weighted by atomic mass is 10.0. The fourth-order valence-electron chi connectivity index (χ4n) is 2.21. The summed E-state index contributed by atoms with van der Waals surface area (Å²) in [6.07, 6.45) is -0.860. The Morgan fingerprint density at radius 3 is 2.09 bits per heavy atom. The summed E-state index contributed by atoms with van der Waals surface area (Å²) in [5.74, 6) is 1.07. The van der Waals surface area contributed by atoms with Crippen molar-refractivity contribution in [1.82, 2.24) is 0 Å². The smallest absolute Gasteiger partial charge is 0.127 e. The van der Waals surface area contributed by atoms with E-state index in [-0.39, 0.29) is 5.82 Å². The third kappa shape index (κ3) is 3.32. The van der Waals surface area contributed by atoms with Gasteiger partial charge in [-0.2, -0.15) is 0 Å². The maximum atomic E-state index is 13.2. The lowest BCUT2D eigenvalue weighted by molar-refractivity contribution is 0.219. The largest absolute Gasteiger partial charge is 0.457 e. The summed E-state index contributed by atoms with van der Waals surface area (Å²) < 4.78 is 18.9. The van der Waals surface area contributed by atoms with Crippen molar-refractivity contribution in [2.45, 2.75) is 6.10 Å². The van der Waals surface area contributed by atoms with Gasteiger partial charge in [0.25, 0.3) is 0 Å². The van der Waals surface area contributed by atoms with Crippen molar-refractivity contribution in [3.05, 3.63) is 95.8 Å². The first-order chi connectivity index (χ1) is 10.7. The molecule has 0 saturated carbocycles. The number of hydrogen-bond acceptors (Lipinski definition) is 2. The molecule has 1 N–H and O–H groups in total. The van der Waals surface area contributed by atoms with Crippen LogP contribution in [0.15, 0.2) is 78.9 Å². The molecule has 0 aliphatic carbocycles. The molecule has 3 rings (SSSR count). The molecule has 22 heavy (non-hydrogen) atoms. The van der Waals surface area contributed by atoms with Crippen LogP contribution in [0.25, 0.3) is 0 Å². The molecular formula is C19H15FO2. The predicted molar refractivity (Wildman–Crippen MR) is 83.4 cm³/mol. The van der Waals surface area contributed by atoms with E-state index in [1.54, 1.807) is 36.4 Å². The quantitative estimate of drug-likeness (QED) is 0.755. The van der Waals surface area contributed by atoms with E-state index in [9.17, 15) is 9.50 Å². The van der Waals surface area contributed by atoms with Gasteiger partial charge in [0.05, 0.1) is 0 Å². The summed E-state index contributed by atoms with van der Waals surface area (Å²) in [6, 6.07) is 22.5. The van der Waals surface area contributed by atoms with Gasteiger partial charge in [0.2, 0.25) is 0 Å². The number of aliphatic hydroxyl groups excluding tert-OH is 1. The zero-order chi connectivity index (χ0) is 15.4. The molecule has 1 atom stereocenters. The first-order valence-corrected chi connectivity index (χ1v) is 6.99. The topological polar surface area (TPSA) is 29.5 Å². The van der Waals surface area contributed by atoms with Crippen molar-refractivity contribution in [2.75, 3.05) is 0 Å². The van der Waals surface area contributed by atoms with Gasteiger partial charge < -0.3 is 9.84 Å². The van der Waals surface area contributed by atoms with Gasteiger partial charge in [0, 0.05) is 0 Å². The molecule has 0 unspecified atom stereocenters. The Morgan fingerprint density at radius 2 is 1.41 bits per heavy atom.